The van der Waals surface area contributed by atoms with Crippen molar-refractivity contribution in [1.82, 2.24) is 8.87 Å². The number of aromatic nitrogens is 1. The number of Topliss-reactive ketones (excluding diaryl/α,β-unsaturated/α-hetero) is 1. The van der Waals surface area contributed by atoms with Crippen LogP contribution in [0.2, 0.25) is 5.02 Å². The van der Waals surface area contributed by atoms with E-state index in [4.69, 9.17) is 11.6 Å². The molecule has 1 N–H and O–H groups in total. The van der Waals surface area contributed by atoms with Crippen molar-refractivity contribution in [3.8, 4) is 6.07 Å². The molecule has 0 saturated carbocycles. The number of rotatable bonds is 6. The van der Waals surface area contributed by atoms with E-state index in [1.165, 1.54) is 15.3 Å². The molecule has 2 aromatic rings. The van der Waals surface area contributed by atoms with Crippen LogP contribution in [-0.4, -0.2) is 43.4 Å². The Labute approximate surface area is 172 Å². The molecule has 0 aliphatic heterocycles. The van der Waals surface area contributed by atoms with E-state index >= 15 is 0 Å². The van der Waals surface area contributed by atoms with Gasteiger partial charge in [0.2, 0.25) is 15.8 Å². The molecule has 1 heterocycles. The third-order valence-corrected chi connectivity index (χ3v) is 5.81. The summed E-state index contributed by atoms with van der Waals surface area (Å²) in [6.07, 6.45) is 2.48. The minimum absolute atomic E-state index is 0.00918. The Kier molecular flexibility index (Phi) is 6.49. The smallest absolute Gasteiger partial charge is 0.229 e. The first-order chi connectivity index (χ1) is 12.1. The Morgan fingerprint density at radius 2 is 2.08 bits per heavy atom. The first kappa shape index (κ1) is 20.9. The zero-order chi connectivity index (χ0) is 19.6. The number of nitriles is 1. The van der Waals surface area contributed by atoms with Crippen LogP contribution in [0.5, 0.6) is 0 Å². The minimum Gasteiger partial charge on any atom is -0.382 e. The molecule has 0 fully saturated rings. The molecule has 0 atom stereocenters. The molecule has 0 aliphatic carbocycles. The van der Waals surface area contributed by atoms with E-state index in [0.717, 1.165) is 6.26 Å². The van der Waals surface area contributed by atoms with Gasteiger partial charge in [0.1, 0.15) is 17.3 Å². The Balaban J connectivity index is 2.66. The maximum absolute atomic E-state index is 12.8. The number of nitrogens with zero attached hydrogens (tertiary/aromatic N) is 3. The lowest BCUT2D eigenvalue weighted by molar-refractivity contribution is 0.103. The monoisotopic (exact) mass is 524 g/mol. The number of benzene rings is 1. The number of anilines is 1. The molecule has 26 heavy (non-hydrogen) atoms. The van der Waals surface area contributed by atoms with Gasteiger partial charge < -0.3 is 4.90 Å². The predicted molar refractivity (Wildman–Crippen MR) is 114 cm³/mol. The van der Waals surface area contributed by atoms with E-state index in [1.807, 2.05) is 27.3 Å². The van der Waals surface area contributed by atoms with Crippen molar-refractivity contribution in [2.75, 3.05) is 25.1 Å². The molecule has 0 amide bonds. The summed E-state index contributed by atoms with van der Waals surface area (Å²) in [5.74, 6) is -0.435. The molecule has 1 aromatic carbocycles. The van der Waals surface area contributed by atoms with Gasteiger partial charge in [-0.3, -0.25) is 13.5 Å². The molecule has 138 valence electrons. The molecule has 11 heteroatoms. The normalized spacial score (nSPS) is 12.1. The fourth-order valence-corrected chi connectivity index (χ4v) is 4.80. The molecule has 0 unspecified atom stereocenters. The van der Waals surface area contributed by atoms with E-state index in [-0.39, 0.29) is 16.3 Å². The largest absolute Gasteiger partial charge is 0.382 e. The highest BCUT2D eigenvalue weighted by molar-refractivity contribution is 14.2. The second kappa shape index (κ2) is 8.08. The summed E-state index contributed by atoms with van der Waals surface area (Å²) >= 11 is 8.20. The number of fused-ring (bicyclic) bond motifs is 1. The number of ketones is 1. The van der Waals surface area contributed by atoms with Gasteiger partial charge in [-0.2, -0.15) is 5.26 Å². The van der Waals surface area contributed by atoms with Gasteiger partial charge in [-0.05, 0) is 18.2 Å². The summed E-state index contributed by atoms with van der Waals surface area (Å²) < 4.78 is 26.9. The van der Waals surface area contributed by atoms with Gasteiger partial charge in [-0.1, -0.05) is 11.6 Å². The Hall–Kier alpha value is -1.42. The van der Waals surface area contributed by atoms with Crippen LogP contribution in [0.4, 0.5) is 5.69 Å². The summed E-state index contributed by atoms with van der Waals surface area (Å²) in [6, 6.07) is 6.65. The Bertz CT molecular complexity index is 1060. The average molecular weight is 525 g/mol. The molecule has 0 radical (unpaired) electrons. The first-order valence-corrected chi connectivity index (χ1v) is 12.6. The minimum atomic E-state index is -3.50. The Morgan fingerprint density at radius 1 is 1.42 bits per heavy atom. The number of allylic oxidation sites excluding steroid dienone is 1. The lowest BCUT2D eigenvalue weighted by Crippen LogP contribution is -2.11. The van der Waals surface area contributed by atoms with E-state index in [0.29, 0.717) is 16.6 Å². The molecule has 7 nitrogen and oxygen atoms in total. The van der Waals surface area contributed by atoms with Crippen LogP contribution in [-0.2, 0) is 10.0 Å². The topological polar surface area (TPSA) is 95.2 Å². The summed E-state index contributed by atoms with van der Waals surface area (Å²) in [7, 11) is 1.19. The number of hydrogen-bond donors (Lipinski definition) is 1. The van der Waals surface area contributed by atoms with Crippen molar-refractivity contribution in [3.63, 3.8) is 0 Å². The van der Waals surface area contributed by atoms with Crippen LogP contribution >= 0.6 is 41.9 Å². The molecule has 0 spiro atoms. The fraction of sp³-hybridized carbons (Fsp3) is 0.200. The van der Waals surface area contributed by atoms with Crippen LogP contribution in [0.3, 0.4) is 0 Å². The quantitative estimate of drug-likeness (QED) is 0.268. The lowest BCUT2D eigenvalue weighted by Gasteiger charge is -2.09. The number of hydrogen-bond acceptors (Lipinski definition) is 6. The number of carbonyl (C=O) groups excluding carboxylic acids is 1. The highest BCUT2D eigenvalue weighted by Crippen LogP contribution is 2.35. The molecular formula is C15H14ClIN4O3S2. The SMILES string of the molecule is CN(C)/C=C(\C#N)C(=O)c1cc2cc(NS(C)(=O)=O)c(Cl)cc2n1SI. The fourth-order valence-electron chi connectivity index (χ4n) is 2.25. The van der Waals surface area contributed by atoms with Gasteiger partial charge in [-0.25, -0.2) is 8.42 Å². The summed E-state index contributed by atoms with van der Waals surface area (Å²) in [4.78, 5) is 14.4. The maximum atomic E-state index is 12.8. The van der Waals surface area contributed by atoms with E-state index < -0.39 is 15.8 Å². The summed E-state index contributed by atoms with van der Waals surface area (Å²) in [5, 5.41) is 10.1. The number of carbonyl (C=O) groups is 1. The van der Waals surface area contributed by atoms with Gasteiger partial charge in [0.15, 0.2) is 0 Å². The molecule has 0 aliphatic rings. The van der Waals surface area contributed by atoms with Crippen LogP contribution in [0.1, 0.15) is 10.5 Å². The van der Waals surface area contributed by atoms with E-state index in [1.54, 1.807) is 41.2 Å². The molecule has 0 bridgehead atoms. The highest BCUT2D eigenvalue weighted by Gasteiger charge is 2.21. The van der Waals surface area contributed by atoms with E-state index in [9.17, 15) is 18.5 Å². The second-order valence-corrected chi connectivity index (χ2v) is 9.45. The molecule has 0 saturated heterocycles. The lowest BCUT2D eigenvalue weighted by atomic mass is 10.1. The second-order valence-electron chi connectivity index (χ2n) is 5.61. The number of sulfonamides is 1. The van der Waals surface area contributed by atoms with Crippen molar-refractivity contribution < 1.29 is 13.2 Å². The predicted octanol–water partition coefficient (Wildman–Crippen LogP) is 3.66. The van der Waals surface area contributed by atoms with Crippen molar-refractivity contribution >= 4 is 74.3 Å². The zero-order valence-electron chi connectivity index (χ0n) is 13.9. The van der Waals surface area contributed by atoms with E-state index in [2.05, 4.69) is 4.72 Å². The van der Waals surface area contributed by atoms with Gasteiger partial charge in [0, 0.05) is 56.0 Å². The first-order valence-electron chi connectivity index (χ1n) is 7.02. The summed E-state index contributed by atoms with van der Waals surface area (Å²) in [6.45, 7) is 0. The third-order valence-electron chi connectivity index (χ3n) is 3.20. The summed E-state index contributed by atoms with van der Waals surface area (Å²) in [5.41, 5.74) is 1.14. The van der Waals surface area contributed by atoms with Crippen LogP contribution in [0.25, 0.3) is 10.9 Å². The van der Waals surface area contributed by atoms with Crippen LogP contribution < -0.4 is 4.72 Å². The van der Waals surface area contributed by atoms with Gasteiger partial charge in [0.25, 0.3) is 0 Å². The van der Waals surface area contributed by atoms with Gasteiger partial charge in [-0.15, -0.1) is 0 Å². The maximum Gasteiger partial charge on any atom is 0.229 e. The molecule has 2 rings (SSSR count). The number of halogens is 2. The van der Waals surface area contributed by atoms with Crippen molar-refractivity contribution in [2.24, 2.45) is 0 Å². The standard InChI is InChI=1S/C15H14ClIN4O3S2/c1-20(2)8-10(7-18)15(22)14-5-9-4-12(19-26(3,23)24)11(16)6-13(9)21(14)25-17/h4-6,8,19H,1-3H3/b10-8+. The Morgan fingerprint density at radius 3 is 2.58 bits per heavy atom. The van der Waals surface area contributed by atoms with Gasteiger partial charge in [0.05, 0.1) is 22.5 Å². The molecular weight excluding hydrogens is 511 g/mol. The van der Waals surface area contributed by atoms with Crippen molar-refractivity contribution in [1.29, 1.82) is 5.26 Å². The van der Waals surface area contributed by atoms with Crippen molar-refractivity contribution in [2.45, 2.75) is 0 Å². The zero-order valence-corrected chi connectivity index (χ0v) is 18.5. The van der Waals surface area contributed by atoms with Crippen LogP contribution in [0, 0.1) is 11.3 Å². The average Bonchev–Trinajstić information content (AvgIpc) is 2.88. The van der Waals surface area contributed by atoms with Crippen LogP contribution in [0.15, 0.2) is 30.0 Å². The highest BCUT2D eigenvalue weighted by atomic mass is 127. The van der Waals surface area contributed by atoms with Crippen molar-refractivity contribution in [3.05, 3.63) is 40.7 Å². The third kappa shape index (κ3) is 4.64. The number of nitrogens with one attached hydrogen (secondary N) is 1. The molecule has 1 aromatic heterocycles. The van der Waals surface area contributed by atoms with Gasteiger partial charge >= 0.3 is 0 Å².